The Morgan fingerprint density at radius 2 is 2.31 bits per heavy atom. The minimum atomic E-state index is 0.594. The van der Waals surface area contributed by atoms with Crippen LogP contribution in [-0.4, -0.2) is 17.1 Å². The number of thiophene rings is 1. The average molecular weight is 192 g/mol. The topological polar surface area (TPSA) is 35.0 Å². The van der Waals surface area contributed by atoms with Crippen molar-refractivity contribution in [3.8, 4) is 17.3 Å². The first-order chi connectivity index (χ1) is 6.40. The fourth-order valence-electron chi connectivity index (χ4n) is 0.987. The van der Waals surface area contributed by atoms with Crippen LogP contribution in [0.15, 0.2) is 29.1 Å². The lowest BCUT2D eigenvalue weighted by molar-refractivity contribution is 0.397. The maximum atomic E-state index is 5.01. The highest BCUT2D eigenvalue weighted by Gasteiger charge is 2.01. The van der Waals surface area contributed by atoms with Crippen molar-refractivity contribution in [2.45, 2.75) is 0 Å². The lowest BCUT2D eigenvalue weighted by atomic mass is 10.3. The summed E-state index contributed by atoms with van der Waals surface area (Å²) in [5.74, 6) is 1.30. The monoisotopic (exact) mass is 192 g/mol. The van der Waals surface area contributed by atoms with Crippen molar-refractivity contribution in [3.63, 3.8) is 0 Å². The van der Waals surface area contributed by atoms with Crippen LogP contribution in [0, 0.1) is 0 Å². The maximum absolute atomic E-state index is 5.01. The van der Waals surface area contributed by atoms with Crippen LogP contribution in [0.3, 0.4) is 0 Å². The van der Waals surface area contributed by atoms with Crippen molar-refractivity contribution < 1.29 is 4.74 Å². The van der Waals surface area contributed by atoms with Gasteiger partial charge in [0.1, 0.15) is 0 Å². The van der Waals surface area contributed by atoms with Gasteiger partial charge in [0.15, 0.2) is 5.82 Å². The zero-order valence-electron chi connectivity index (χ0n) is 7.10. The summed E-state index contributed by atoms with van der Waals surface area (Å²) in [6.45, 7) is 0. The molecule has 0 aliphatic rings. The third-order valence-electron chi connectivity index (χ3n) is 1.62. The van der Waals surface area contributed by atoms with Crippen LogP contribution in [0.1, 0.15) is 0 Å². The van der Waals surface area contributed by atoms with E-state index in [-0.39, 0.29) is 0 Å². The summed E-state index contributed by atoms with van der Waals surface area (Å²) >= 11 is 1.63. The first kappa shape index (κ1) is 8.19. The second-order valence-electron chi connectivity index (χ2n) is 2.43. The standard InChI is InChI=1S/C9H8N2OS/c1-12-8-2-4-10-9(11-8)7-3-5-13-6-7/h2-6H,1H3. The molecule has 0 aliphatic heterocycles. The molecular formula is C9H8N2OS. The number of nitrogens with zero attached hydrogens (tertiary/aromatic N) is 2. The summed E-state index contributed by atoms with van der Waals surface area (Å²) in [6, 6.07) is 3.72. The van der Waals surface area contributed by atoms with Crippen molar-refractivity contribution >= 4 is 11.3 Å². The van der Waals surface area contributed by atoms with E-state index in [1.54, 1.807) is 30.7 Å². The molecule has 0 saturated carbocycles. The second-order valence-corrected chi connectivity index (χ2v) is 3.21. The van der Waals surface area contributed by atoms with Crippen LogP contribution in [-0.2, 0) is 0 Å². The first-order valence-electron chi connectivity index (χ1n) is 3.80. The number of hydrogen-bond donors (Lipinski definition) is 0. The van der Waals surface area contributed by atoms with Gasteiger partial charge >= 0.3 is 0 Å². The van der Waals surface area contributed by atoms with Crippen LogP contribution in [0.4, 0.5) is 0 Å². The molecule has 2 aromatic heterocycles. The molecular weight excluding hydrogens is 184 g/mol. The molecule has 0 N–H and O–H groups in total. The molecule has 0 aliphatic carbocycles. The second kappa shape index (κ2) is 3.53. The Bertz CT molecular complexity index is 386. The van der Waals surface area contributed by atoms with Gasteiger partial charge in [0, 0.05) is 23.2 Å². The zero-order valence-corrected chi connectivity index (χ0v) is 7.91. The van der Waals surface area contributed by atoms with Gasteiger partial charge in [-0.3, -0.25) is 0 Å². The number of hydrogen-bond acceptors (Lipinski definition) is 4. The minimum absolute atomic E-state index is 0.594. The Kier molecular flexibility index (Phi) is 2.23. The zero-order chi connectivity index (χ0) is 9.10. The third kappa shape index (κ3) is 1.67. The molecule has 4 heteroatoms. The predicted molar refractivity (Wildman–Crippen MR) is 51.9 cm³/mol. The van der Waals surface area contributed by atoms with Crippen molar-refractivity contribution in [2.24, 2.45) is 0 Å². The summed E-state index contributed by atoms with van der Waals surface area (Å²) in [4.78, 5) is 8.35. The SMILES string of the molecule is COc1ccnc(-c2ccsc2)n1. The molecule has 0 amide bonds. The smallest absolute Gasteiger partial charge is 0.216 e. The van der Waals surface area contributed by atoms with Gasteiger partial charge in [0.05, 0.1) is 7.11 Å². The Morgan fingerprint density at radius 1 is 1.38 bits per heavy atom. The molecule has 2 aromatic rings. The highest BCUT2D eigenvalue weighted by Crippen LogP contribution is 2.19. The quantitative estimate of drug-likeness (QED) is 0.731. The summed E-state index contributed by atoms with van der Waals surface area (Å²) in [7, 11) is 1.60. The molecule has 13 heavy (non-hydrogen) atoms. The number of ether oxygens (including phenoxy) is 1. The molecule has 0 fully saturated rings. The van der Waals surface area contributed by atoms with Crippen molar-refractivity contribution in [1.29, 1.82) is 0 Å². The van der Waals surface area contributed by atoms with E-state index in [9.17, 15) is 0 Å². The minimum Gasteiger partial charge on any atom is -0.481 e. The Labute approximate surface area is 80.0 Å². The van der Waals surface area contributed by atoms with Crippen molar-refractivity contribution in [1.82, 2.24) is 9.97 Å². The summed E-state index contributed by atoms with van der Waals surface area (Å²) < 4.78 is 5.01. The normalized spacial score (nSPS) is 9.92. The molecule has 2 rings (SSSR count). The Balaban J connectivity index is 2.41. The maximum Gasteiger partial charge on any atom is 0.216 e. The van der Waals surface area contributed by atoms with E-state index in [4.69, 9.17) is 4.74 Å². The highest BCUT2D eigenvalue weighted by molar-refractivity contribution is 7.08. The van der Waals surface area contributed by atoms with E-state index < -0.39 is 0 Å². The van der Waals surface area contributed by atoms with Gasteiger partial charge in [-0.2, -0.15) is 16.3 Å². The lowest BCUT2D eigenvalue weighted by Gasteiger charge is -1.99. The number of aromatic nitrogens is 2. The van der Waals surface area contributed by atoms with Gasteiger partial charge in [0.25, 0.3) is 0 Å². The van der Waals surface area contributed by atoms with Gasteiger partial charge in [0.2, 0.25) is 5.88 Å². The molecule has 0 bridgehead atoms. The van der Waals surface area contributed by atoms with Gasteiger partial charge in [-0.05, 0) is 11.4 Å². The van der Waals surface area contributed by atoms with Crippen LogP contribution >= 0.6 is 11.3 Å². The molecule has 0 atom stereocenters. The molecule has 66 valence electrons. The molecule has 0 saturated heterocycles. The van der Waals surface area contributed by atoms with E-state index in [1.807, 2.05) is 16.8 Å². The van der Waals surface area contributed by atoms with Gasteiger partial charge in [-0.1, -0.05) is 0 Å². The van der Waals surface area contributed by atoms with Crippen LogP contribution in [0.2, 0.25) is 0 Å². The van der Waals surface area contributed by atoms with E-state index >= 15 is 0 Å². The molecule has 0 radical (unpaired) electrons. The van der Waals surface area contributed by atoms with E-state index in [2.05, 4.69) is 9.97 Å². The summed E-state index contributed by atoms with van der Waals surface area (Å²) in [6.07, 6.45) is 1.69. The highest BCUT2D eigenvalue weighted by atomic mass is 32.1. The van der Waals surface area contributed by atoms with Gasteiger partial charge in [-0.15, -0.1) is 0 Å². The van der Waals surface area contributed by atoms with Crippen molar-refractivity contribution in [3.05, 3.63) is 29.1 Å². The third-order valence-corrected chi connectivity index (χ3v) is 2.30. The fraction of sp³-hybridized carbons (Fsp3) is 0.111. The lowest BCUT2D eigenvalue weighted by Crippen LogP contribution is -1.91. The first-order valence-corrected chi connectivity index (χ1v) is 4.74. The average Bonchev–Trinajstić information content (AvgIpc) is 2.71. The number of rotatable bonds is 2. The molecule has 0 spiro atoms. The largest absolute Gasteiger partial charge is 0.481 e. The van der Waals surface area contributed by atoms with Crippen LogP contribution < -0.4 is 4.74 Å². The number of methoxy groups -OCH3 is 1. The van der Waals surface area contributed by atoms with E-state index in [0.717, 1.165) is 5.56 Å². The fourth-order valence-corrected chi connectivity index (χ4v) is 1.62. The van der Waals surface area contributed by atoms with Gasteiger partial charge in [-0.25, -0.2) is 4.98 Å². The molecule has 2 heterocycles. The molecule has 0 aromatic carbocycles. The van der Waals surface area contributed by atoms with E-state index in [1.165, 1.54) is 0 Å². The molecule has 3 nitrogen and oxygen atoms in total. The molecule has 0 unspecified atom stereocenters. The van der Waals surface area contributed by atoms with Crippen molar-refractivity contribution in [2.75, 3.05) is 7.11 Å². The van der Waals surface area contributed by atoms with Crippen LogP contribution in [0.5, 0.6) is 5.88 Å². The van der Waals surface area contributed by atoms with Crippen LogP contribution in [0.25, 0.3) is 11.4 Å². The summed E-state index contributed by atoms with van der Waals surface area (Å²) in [5, 5.41) is 4.01. The Hall–Kier alpha value is -1.42. The Morgan fingerprint density at radius 3 is 3.00 bits per heavy atom. The van der Waals surface area contributed by atoms with Gasteiger partial charge < -0.3 is 4.74 Å². The predicted octanol–water partition coefficient (Wildman–Crippen LogP) is 2.21. The van der Waals surface area contributed by atoms with E-state index in [0.29, 0.717) is 11.7 Å². The summed E-state index contributed by atoms with van der Waals surface area (Å²) in [5.41, 5.74) is 1.03.